The maximum atomic E-state index is 13.1. The Morgan fingerprint density at radius 3 is 2.50 bits per heavy atom. The maximum Gasteiger partial charge on any atom is 0.416 e. The summed E-state index contributed by atoms with van der Waals surface area (Å²) in [4.78, 5) is 25.0. The molecule has 2 aromatic carbocycles. The van der Waals surface area contributed by atoms with Gasteiger partial charge >= 0.3 is 6.18 Å². The number of fused-ring (bicyclic) bond motifs is 1. The summed E-state index contributed by atoms with van der Waals surface area (Å²) >= 11 is 0. The molecule has 0 aliphatic rings. The Hall–Kier alpha value is -3.16. The summed E-state index contributed by atoms with van der Waals surface area (Å²) in [5.74, 6) is -0.373. The summed E-state index contributed by atoms with van der Waals surface area (Å²) in [6, 6.07) is 11.3. The van der Waals surface area contributed by atoms with Crippen LogP contribution in [0.15, 0.2) is 53.3 Å². The van der Waals surface area contributed by atoms with Gasteiger partial charge in [-0.15, -0.1) is 0 Å². The number of alkyl halides is 3. The molecule has 1 amide bonds. The van der Waals surface area contributed by atoms with Crippen LogP contribution < -0.4 is 10.9 Å². The summed E-state index contributed by atoms with van der Waals surface area (Å²) in [6.07, 6.45) is -3.36. The van der Waals surface area contributed by atoms with Gasteiger partial charge in [0.2, 0.25) is 5.91 Å². The first-order valence-corrected chi connectivity index (χ1v) is 9.62. The Balaban J connectivity index is 1.86. The smallest absolute Gasteiger partial charge is 0.349 e. The van der Waals surface area contributed by atoms with E-state index in [9.17, 15) is 22.8 Å². The van der Waals surface area contributed by atoms with Crippen molar-refractivity contribution in [2.75, 3.05) is 0 Å². The molecule has 3 aromatic rings. The molecule has 30 heavy (non-hydrogen) atoms. The van der Waals surface area contributed by atoms with E-state index in [1.54, 1.807) is 30.3 Å². The van der Waals surface area contributed by atoms with E-state index in [2.05, 4.69) is 10.4 Å². The monoisotopic (exact) mass is 417 g/mol. The van der Waals surface area contributed by atoms with E-state index >= 15 is 0 Å². The lowest BCUT2D eigenvalue weighted by atomic mass is 9.99. The van der Waals surface area contributed by atoms with Gasteiger partial charge in [-0.25, -0.2) is 4.68 Å². The van der Waals surface area contributed by atoms with Gasteiger partial charge in [-0.3, -0.25) is 9.59 Å². The number of aromatic nitrogens is 2. The van der Waals surface area contributed by atoms with Crippen molar-refractivity contribution in [1.82, 2.24) is 15.1 Å². The van der Waals surface area contributed by atoms with Crippen LogP contribution in [0.5, 0.6) is 0 Å². The predicted octanol–water partition coefficient (Wildman–Crippen LogP) is 4.15. The average Bonchev–Trinajstić information content (AvgIpc) is 2.71. The summed E-state index contributed by atoms with van der Waals surface area (Å²) in [6.45, 7) is 1.90. The van der Waals surface area contributed by atoms with Crippen LogP contribution in [0, 0.1) is 0 Å². The second-order valence-electron chi connectivity index (χ2n) is 7.13. The van der Waals surface area contributed by atoms with Crippen molar-refractivity contribution in [1.29, 1.82) is 0 Å². The van der Waals surface area contributed by atoms with E-state index in [0.29, 0.717) is 34.9 Å². The van der Waals surface area contributed by atoms with Crippen molar-refractivity contribution in [2.24, 2.45) is 7.05 Å². The number of hydrogen-bond donors (Lipinski definition) is 1. The Labute approximate surface area is 171 Å². The first-order valence-electron chi connectivity index (χ1n) is 9.62. The fourth-order valence-electron chi connectivity index (χ4n) is 3.45. The number of nitrogens with one attached hydrogen (secondary N) is 1. The van der Waals surface area contributed by atoms with Crippen molar-refractivity contribution in [3.05, 3.63) is 75.7 Å². The number of hydrogen-bond acceptors (Lipinski definition) is 3. The molecular formula is C22H22F3N3O2. The van der Waals surface area contributed by atoms with Gasteiger partial charge in [0.05, 0.1) is 29.1 Å². The van der Waals surface area contributed by atoms with Gasteiger partial charge in [0.15, 0.2) is 0 Å². The van der Waals surface area contributed by atoms with E-state index in [1.807, 2.05) is 6.92 Å². The van der Waals surface area contributed by atoms with E-state index < -0.39 is 17.8 Å². The molecule has 0 fully saturated rings. The molecule has 3 rings (SSSR count). The van der Waals surface area contributed by atoms with Crippen LogP contribution in [-0.4, -0.2) is 15.7 Å². The molecule has 0 bridgehead atoms. The van der Waals surface area contributed by atoms with Crippen LogP contribution in [0.2, 0.25) is 0 Å². The fourth-order valence-corrected chi connectivity index (χ4v) is 3.45. The third kappa shape index (κ3) is 4.69. The highest BCUT2D eigenvalue weighted by molar-refractivity contribution is 5.88. The molecule has 5 nitrogen and oxygen atoms in total. The van der Waals surface area contributed by atoms with Crippen molar-refractivity contribution < 1.29 is 18.0 Å². The second kappa shape index (κ2) is 8.69. The third-order valence-corrected chi connectivity index (χ3v) is 4.89. The largest absolute Gasteiger partial charge is 0.416 e. The molecule has 1 heterocycles. The molecule has 0 saturated carbocycles. The number of carbonyl (C=O) groups is 1. The van der Waals surface area contributed by atoms with Gasteiger partial charge in [0, 0.05) is 12.4 Å². The van der Waals surface area contributed by atoms with Crippen molar-refractivity contribution in [3.8, 4) is 0 Å². The van der Waals surface area contributed by atoms with Gasteiger partial charge in [-0.2, -0.15) is 18.3 Å². The highest BCUT2D eigenvalue weighted by atomic mass is 19.4. The van der Waals surface area contributed by atoms with Crippen LogP contribution >= 0.6 is 0 Å². The standard InChI is InChI=1S/C22H22F3N3O2/c1-3-7-18(14-8-6-9-15(12-14)22(23,24)25)26-20(29)13-19-16-10-4-5-11-17(16)21(30)28(2)27-19/h4-6,8-12,18H,3,7,13H2,1-2H3,(H,26,29). The molecule has 1 aromatic heterocycles. The topological polar surface area (TPSA) is 64.0 Å². The van der Waals surface area contributed by atoms with Crippen molar-refractivity contribution in [2.45, 2.75) is 38.4 Å². The third-order valence-electron chi connectivity index (χ3n) is 4.89. The lowest BCUT2D eigenvalue weighted by molar-refractivity contribution is -0.137. The number of amides is 1. The Bertz CT molecular complexity index is 1120. The van der Waals surface area contributed by atoms with E-state index in [0.717, 1.165) is 12.1 Å². The fraction of sp³-hybridized carbons (Fsp3) is 0.318. The molecule has 1 atom stereocenters. The summed E-state index contributed by atoms with van der Waals surface area (Å²) < 4.78 is 40.4. The molecule has 158 valence electrons. The number of rotatable bonds is 6. The zero-order valence-electron chi connectivity index (χ0n) is 16.7. The quantitative estimate of drug-likeness (QED) is 0.655. The summed E-state index contributed by atoms with van der Waals surface area (Å²) in [7, 11) is 1.51. The molecule has 8 heteroatoms. The number of benzene rings is 2. The van der Waals surface area contributed by atoms with Crippen LogP contribution in [0.3, 0.4) is 0 Å². The zero-order valence-corrected chi connectivity index (χ0v) is 16.7. The van der Waals surface area contributed by atoms with E-state index in [-0.39, 0.29) is 17.9 Å². The lowest BCUT2D eigenvalue weighted by Crippen LogP contribution is -2.31. The van der Waals surface area contributed by atoms with E-state index in [4.69, 9.17) is 0 Å². The van der Waals surface area contributed by atoms with Crippen LogP contribution in [-0.2, 0) is 24.4 Å². The van der Waals surface area contributed by atoms with Gasteiger partial charge in [0.1, 0.15) is 0 Å². The highest BCUT2D eigenvalue weighted by Gasteiger charge is 2.31. The minimum Gasteiger partial charge on any atom is -0.349 e. The van der Waals surface area contributed by atoms with Gasteiger partial charge in [-0.05, 0) is 30.2 Å². The predicted molar refractivity (Wildman–Crippen MR) is 108 cm³/mol. The number of aryl methyl sites for hydroxylation is 1. The Morgan fingerprint density at radius 1 is 1.13 bits per heavy atom. The van der Waals surface area contributed by atoms with Crippen molar-refractivity contribution >= 4 is 16.7 Å². The molecule has 1 N–H and O–H groups in total. The normalized spacial score (nSPS) is 12.7. The van der Waals surface area contributed by atoms with Crippen LogP contribution in [0.1, 0.15) is 42.6 Å². The average molecular weight is 417 g/mol. The maximum absolute atomic E-state index is 13.1. The molecule has 1 unspecified atom stereocenters. The highest BCUT2D eigenvalue weighted by Crippen LogP contribution is 2.31. The lowest BCUT2D eigenvalue weighted by Gasteiger charge is -2.20. The van der Waals surface area contributed by atoms with Gasteiger partial charge in [0.25, 0.3) is 5.56 Å². The van der Waals surface area contributed by atoms with Gasteiger partial charge < -0.3 is 5.32 Å². The molecular weight excluding hydrogens is 395 g/mol. The minimum atomic E-state index is -4.45. The SMILES string of the molecule is CCCC(NC(=O)Cc1nn(C)c(=O)c2ccccc12)c1cccc(C(F)(F)F)c1. The number of nitrogens with zero attached hydrogens (tertiary/aromatic N) is 2. The molecule has 0 saturated heterocycles. The minimum absolute atomic E-state index is 0.0895. The zero-order chi connectivity index (χ0) is 21.9. The second-order valence-corrected chi connectivity index (χ2v) is 7.13. The molecule has 0 radical (unpaired) electrons. The Morgan fingerprint density at radius 2 is 1.83 bits per heavy atom. The summed E-state index contributed by atoms with van der Waals surface area (Å²) in [5, 5.41) is 8.08. The first kappa shape index (κ1) is 21.5. The summed E-state index contributed by atoms with van der Waals surface area (Å²) in [5.41, 5.74) is -0.175. The molecule has 0 aliphatic heterocycles. The number of carbonyl (C=O) groups excluding carboxylic acids is 1. The Kier molecular flexibility index (Phi) is 6.24. The van der Waals surface area contributed by atoms with Crippen LogP contribution in [0.4, 0.5) is 13.2 Å². The van der Waals surface area contributed by atoms with Crippen LogP contribution in [0.25, 0.3) is 10.8 Å². The first-order chi connectivity index (χ1) is 14.2. The van der Waals surface area contributed by atoms with Crippen molar-refractivity contribution in [3.63, 3.8) is 0 Å². The van der Waals surface area contributed by atoms with Gasteiger partial charge in [-0.1, -0.05) is 43.7 Å². The molecule has 0 aliphatic carbocycles. The number of halogens is 3. The molecule has 0 spiro atoms. The van der Waals surface area contributed by atoms with E-state index in [1.165, 1.54) is 17.8 Å².